The van der Waals surface area contributed by atoms with E-state index in [9.17, 15) is 13.2 Å². The zero-order chi connectivity index (χ0) is 23.3. The Morgan fingerprint density at radius 3 is 2.22 bits per heavy atom. The molecule has 1 saturated heterocycles. The van der Waals surface area contributed by atoms with Gasteiger partial charge in [-0.3, -0.25) is 9.69 Å². The van der Waals surface area contributed by atoms with E-state index in [1.54, 1.807) is 17.9 Å². The van der Waals surface area contributed by atoms with Gasteiger partial charge in [0, 0.05) is 38.4 Å². The number of hydrogen-bond acceptors (Lipinski definition) is 5. The van der Waals surface area contributed by atoms with Crippen LogP contribution in [0.4, 0.5) is 5.69 Å². The van der Waals surface area contributed by atoms with Gasteiger partial charge >= 0.3 is 0 Å². The second-order valence-electron chi connectivity index (χ2n) is 7.40. The Bertz CT molecular complexity index is 1080. The predicted molar refractivity (Wildman–Crippen MR) is 125 cm³/mol. The molecule has 0 aromatic heterocycles. The van der Waals surface area contributed by atoms with E-state index >= 15 is 0 Å². The molecular weight excluding hydrogens is 471 g/mol. The minimum atomic E-state index is -3.85. The summed E-state index contributed by atoms with van der Waals surface area (Å²) in [4.78, 5) is 16.7. The van der Waals surface area contributed by atoms with Gasteiger partial charge in [-0.2, -0.15) is 9.57 Å². The first-order valence-electron chi connectivity index (χ1n) is 10.2. The molecule has 1 fully saturated rings. The van der Waals surface area contributed by atoms with Crippen LogP contribution in [0, 0.1) is 11.3 Å². The molecule has 3 rings (SSSR count). The number of amides is 1. The number of sulfonamides is 1. The van der Waals surface area contributed by atoms with Gasteiger partial charge in [-0.25, -0.2) is 8.42 Å². The van der Waals surface area contributed by atoms with E-state index in [0.29, 0.717) is 19.6 Å². The molecule has 0 spiro atoms. The smallest absolute Gasteiger partial charge is 0.246 e. The molecule has 170 valence electrons. The number of nitrogens with zero attached hydrogens (tertiary/aromatic N) is 4. The lowest BCUT2D eigenvalue weighted by molar-refractivity contribution is -0.123. The van der Waals surface area contributed by atoms with Crippen molar-refractivity contribution >= 4 is 44.8 Å². The average molecular weight is 495 g/mol. The third-order valence-corrected chi connectivity index (χ3v) is 8.33. The van der Waals surface area contributed by atoms with Crippen molar-refractivity contribution in [2.75, 3.05) is 37.6 Å². The lowest BCUT2D eigenvalue weighted by Crippen LogP contribution is -2.55. The second kappa shape index (κ2) is 10.6. The Kier molecular flexibility index (Phi) is 8.15. The molecule has 7 nitrogen and oxygen atoms in total. The van der Waals surface area contributed by atoms with Crippen molar-refractivity contribution < 1.29 is 13.2 Å². The fourth-order valence-corrected chi connectivity index (χ4v) is 6.22. The first kappa shape index (κ1) is 24.5. The van der Waals surface area contributed by atoms with Crippen LogP contribution in [0.1, 0.15) is 13.3 Å². The summed E-state index contributed by atoms with van der Waals surface area (Å²) in [6, 6.07) is 15.4. The highest BCUT2D eigenvalue weighted by molar-refractivity contribution is 7.89. The number of hydrogen-bond donors (Lipinski definition) is 0. The second-order valence-corrected chi connectivity index (χ2v) is 10.1. The molecule has 2 aromatic rings. The lowest BCUT2D eigenvalue weighted by atomic mass is 10.2. The molecule has 1 atom stereocenters. The van der Waals surface area contributed by atoms with Crippen molar-refractivity contribution in [3.8, 4) is 6.07 Å². The van der Waals surface area contributed by atoms with E-state index in [-0.39, 0.29) is 40.4 Å². The third-order valence-electron chi connectivity index (χ3n) is 5.48. The van der Waals surface area contributed by atoms with Crippen LogP contribution >= 0.6 is 23.2 Å². The molecule has 0 radical (unpaired) electrons. The van der Waals surface area contributed by atoms with E-state index < -0.39 is 16.1 Å². The van der Waals surface area contributed by atoms with Crippen molar-refractivity contribution in [3.63, 3.8) is 0 Å². The van der Waals surface area contributed by atoms with Gasteiger partial charge < -0.3 is 4.90 Å². The summed E-state index contributed by atoms with van der Waals surface area (Å²) in [5, 5.41) is 9.16. The number of carbonyl (C=O) groups excluding carboxylic acids is 1. The summed E-state index contributed by atoms with van der Waals surface area (Å²) in [7, 11) is -3.85. The molecule has 0 N–H and O–H groups in total. The summed E-state index contributed by atoms with van der Waals surface area (Å²) in [6.07, 6.45) is 0.220. The number of nitriles is 1. The number of anilines is 1. The van der Waals surface area contributed by atoms with E-state index in [1.807, 2.05) is 35.2 Å². The number of carbonyl (C=O) groups is 1. The van der Waals surface area contributed by atoms with E-state index in [1.165, 1.54) is 16.4 Å². The maximum absolute atomic E-state index is 13.2. The first-order valence-corrected chi connectivity index (χ1v) is 12.4. The van der Waals surface area contributed by atoms with Gasteiger partial charge in [-0.1, -0.05) is 47.5 Å². The van der Waals surface area contributed by atoms with Crippen molar-refractivity contribution in [3.05, 3.63) is 58.6 Å². The van der Waals surface area contributed by atoms with Gasteiger partial charge in [-0.05, 0) is 31.2 Å². The molecule has 1 aliphatic rings. The van der Waals surface area contributed by atoms with Crippen LogP contribution in [-0.4, -0.2) is 62.3 Å². The molecule has 2 aromatic carbocycles. The quantitative estimate of drug-likeness (QED) is 0.586. The SMILES string of the molecule is CC(C(=O)N(CCC#N)c1ccccc1)N1CCN(S(=O)(=O)c2c(Cl)cccc2Cl)CC1. The molecule has 1 unspecified atom stereocenters. The summed E-state index contributed by atoms with van der Waals surface area (Å²) in [6.45, 7) is 3.29. The zero-order valence-corrected chi connectivity index (χ0v) is 19.9. The van der Waals surface area contributed by atoms with Crippen molar-refractivity contribution in [1.29, 1.82) is 5.26 Å². The molecule has 10 heteroatoms. The molecule has 0 aliphatic carbocycles. The van der Waals surface area contributed by atoms with Crippen molar-refractivity contribution in [1.82, 2.24) is 9.21 Å². The Morgan fingerprint density at radius 1 is 1.06 bits per heavy atom. The van der Waals surface area contributed by atoms with Gasteiger partial charge in [0.2, 0.25) is 15.9 Å². The van der Waals surface area contributed by atoms with Gasteiger partial charge in [0.15, 0.2) is 0 Å². The predicted octanol–water partition coefficient (Wildman–Crippen LogP) is 3.64. The molecular formula is C22H24Cl2N4O3S. The van der Waals surface area contributed by atoms with Crippen molar-refractivity contribution in [2.24, 2.45) is 0 Å². The summed E-state index contributed by atoms with van der Waals surface area (Å²) in [5.74, 6) is -0.128. The minimum absolute atomic E-state index is 0.0828. The van der Waals surface area contributed by atoms with Crippen LogP contribution in [0.2, 0.25) is 10.0 Å². The highest BCUT2D eigenvalue weighted by Crippen LogP contribution is 2.32. The number of rotatable bonds is 7. The van der Waals surface area contributed by atoms with Gasteiger partial charge in [0.1, 0.15) is 4.90 Å². The standard InChI is InChI=1S/C22H24Cl2N4O3S/c1-17(22(29)28(12-6-11-25)18-7-3-2-4-8-18)26-13-15-27(16-14-26)32(30,31)21-19(23)9-5-10-20(21)24/h2-5,7-10,17H,6,12-16H2,1H3. The fraction of sp³-hybridized carbons (Fsp3) is 0.364. The maximum Gasteiger partial charge on any atom is 0.246 e. The molecule has 0 bridgehead atoms. The van der Waals surface area contributed by atoms with Crippen LogP contribution in [0.3, 0.4) is 0 Å². The summed E-state index contributed by atoms with van der Waals surface area (Å²) < 4.78 is 27.5. The maximum atomic E-state index is 13.2. The molecule has 0 saturated carbocycles. The Balaban J connectivity index is 1.71. The van der Waals surface area contributed by atoms with E-state index in [0.717, 1.165) is 5.69 Å². The van der Waals surface area contributed by atoms with Crippen LogP contribution in [0.5, 0.6) is 0 Å². The van der Waals surface area contributed by atoms with E-state index in [2.05, 4.69) is 6.07 Å². The fourth-order valence-electron chi connectivity index (χ4n) is 3.71. The number of halogens is 2. The van der Waals surface area contributed by atoms with E-state index in [4.69, 9.17) is 28.5 Å². The van der Waals surface area contributed by atoms with Crippen LogP contribution in [0.25, 0.3) is 0 Å². The van der Waals surface area contributed by atoms with Crippen molar-refractivity contribution in [2.45, 2.75) is 24.3 Å². The third kappa shape index (κ3) is 5.25. The zero-order valence-electron chi connectivity index (χ0n) is 17.6. The lowest BCUT2D eigenvalue weighted by Gasteiger charge is -2.38. The topological polar surface area (TPSA) is 84.7 Å². The number of piperazine rings is 1. The minimum Gasteiger partial charge on any atom is -0.310 e. The molecule has 1 aliphatic heterocycles. The first-order chi connectivity index (χ1) is 15.3. The van der Waals surface area contributed by atoms with Crippen LogP contribution in [-0.2, 0) is 14.8 Å². The normalized spacial score (nSPS) is 16.3. The monoisotopic (exact) mass is 494 g/mol. The van der Waals surface area contributed by atoms with Crippen LogP contribution in [0.15, 0.2) is 53.4 Å². The highest BCUT2D eigenvalue weighted by atomic mass is 35.5. The Labute approximate surface area is 198 Å². The summed E-state index contributed by atoms with van der Waals surface area (Å²) in [5.41, 5.74) is 0.731. The summed E-state index contributed by atoms with van der Waals surface area (Å²) >= 11 is 12.2. The molecule has 1 amide bonds. The largest absolute Gasteiger partial charge is 0.310 e. The molecule has 1 heterocycles. The van der Waals surface area contributed by atoms with Gasteiger partial charge in [0.05, 0.1) is 28.6 Å². The Hall–Kier alpha value is -2.15. The molecule has 32 heavy (non-hydrogen) atoms. The number of para-hydroxylation sites is 1. The Morgan fingerprint density at radius 2 is 1.66 bits per heavy atom. The average Bonchev–Trinajstić information content (AvgIpc) is 2.79. The van der Waals surface area contributed by atoms with Crippen LogP contribution < -0.4 is 4.90 Å². The highest BCUT2D eigenvalue weighted by Gasteiger charge is 2.35. The number of benzene rings is 2. The van der Waals surface area contributed by atoms with Gasteiger partial charge in [-0.15, -0.1) is 0 Å². The van der Waals surface area contributed by atoms with Gasteiger partial charge in [0.25, 0.3) is 0 Å².